The number of nitrogens with one attached hydrogen (secondary N) is 1. The van der Waals surface area contributed by atoms with Crippen LogP contribution >= 0.6 is 0 Å². The van der Waals surface area contributed by atoms with Crippen LogP contribution in [0.1, 0.15) is 56.0 Å². The number of carbonyl (C=O) groups excluding carboxylic acids is 1. The zero-order valence-corrected chi connectivity index (χ0v) is 27.4. The van der Waals surface area contributed by atoms with E-state index in [-0.39, 0.29) is 46.8 Å². The van der Waals surface area contributed by atoms with E-state index in [1.54, 1.807) is 54.5 Å². The van der Waals surface area contributed by atoms with Crippen molar-refractivity contribution in [1.82, 2.24) is 14.8 Å². The Morgan fingerprint density at radius 3 is 2.53 bits per heavy atom. The van der Waals surface area contributed by atoms with Crippen molar-refractivity contribution in [1.29, 1.82) is 0 Å². The zero-order chi connectivity index (χ0) is 32.4. The zero-order valence-electron chi connectivity index (χ0n) is 26.6. The number of amides is 1. The number of pyridine rings is 1. The number of aromatic nitrogens is 1. The number of sulfonamides is 1. The second-order valence-electron chi connectivity index (χ2n) is 12.0. The molecule has 244 valence electrons. The molecule has 3 aromatic rings. The number of benzene rings is 2. The van der Waals surface area contributed by atoms with Crippen LogP contribution in [0.4, 0.5) is 5.69 Å². The van der Waals surface area contributed by atoms with Crippen LogP contribution in [0.2, 0.25) is 0 Å². The Labute approximate surface area is 267 Å². The molecule has 0 radical (unpaired) electrons. The predicted molar refractivity (Wildman–Crippen MR) is 175 cm³/mol. The van der Waals surface area contributed by atoms with Gasteiger partial charge >= 0.3 is 0 Å². The number of hydrogen-bond acceptors (Lipinski definition) is 8. The van der Waals surface area contributed by atoms with Crippen molar-refractivity contribution in [3.05, 3.63) is 84.2 Å². The van der Waals surface area contributed by atoms with E-state index in [9.17, 15) is 18.3 Å². The Balaban J connectivity index is 1.64. The van der Waals surface area contributed by atoms with E-state index in [2.05, 4.69) is 21.5 Å². The minimum absolute atomic E-state index is 0.0751. The van der Waals surface area contributed by atoms with Gasteiger partial charge in [-0.1, -0.05) is 25.1 Å². The molecule has 0 unspecified atom stereocenters. The van der Waals surface area contributed by atoms with Gasteiger partial charge in [0.1, 0.15) is 5.75 Å². The fourth-order valence-corrected chi connectivity index (χ4v) is 6.50. The summed E-state index contributed by atoms with van der Waals surface area (Å²) >= 11 is 0. The van der Waals surface area contributed by atoms with Gasteiger partial charge in [-0.3, -0.25) is 19.4 Å². The van der Waals surface area contributed by atoms with Gasteiger partial charge in [0, 0.05) is 50.2 Å². The summed E-state index contributed by atoms with van der Waals surface area (Å²) in [6, 6.07) is 16.3. The highest BCUT2D eigenvalue weighted by atomic mass is 32.2. The van der Waals surface area contributed by atoms with E-state index in [4.69, 9.17) is 9.47 Å². The first-order chi connectivity index (χ1) is 21.6. The summed E-state index contributed by atoms with van der Waals surface area (Å²) in [7, 11) is -1.83. The fourth-order valence-electron chi connectivity index (χ4n) is 5.43. The standard InChI is InChI=1S/C34H46N4O6S/c1-25-21-38(26(2)24-39)34(40)31-20-29(36-45(41,42)30-11-6-5-7-12-30)13-14-32(31)44-27(3)10-8-9-19-43-33(25)23-37(4)22-28-15-17-35-18-16-28/h5-7,11-18,20,25-27,33,36,39H,8-10,19,21-24H2,1-4H3/t25-,26-,27+,33+/m0/s1. The first kappa shape index (κ1) is 34.4. The summed E-state index contributed by atoms with van der Waals surface area (Å²) in [4.78, 5) is 22.4. The third kappa shape index (κ3) is 9.74. The molecule has 10 nitrogen and oxygen atoms in total. The molecule has 0 saturated heterocycles. The van der Waals surface area contributed by atoms with E-state index >= 15 is 0 Å². The lowest BCUT2D eigenvalue weighted by Crippen LogP contribution is -2.47. The first-order valence-electron chi connectivity index (χ1n) is 15.6. The summed E-state index contributed by atoms with van der Waals surface area (Å²) < 4.78 is 41.5. The van der Waals surface area contributed by atoms with Crippen molar-refractivity contribution < 1.29 is 27.8 Å². The highest BCUT2D eigenvalue weighted by Crippen LogP contribution is 2.29. The number of rotatable bonds is 9. The predicted octanol–water partition coefficient (Wildman–Crippen LogP) is 4.81. The number of aliphatic hydroxyl groups is 1. The maximum Gasteiger partial charge on any atom is 0.261 e. The SMILES string of the molecule is C[C@@H]1CCCCO[C@H](CN(C)Cc2ccncc2)[C@@H](C)CN([C@@H](C)CO)C(=O)c2cc(NS(=O)(=O)c3ccccc3)ccc2O1. The molecule has 4 rings (SSSR count). The average molecular weight is 639 g/mol. The van der Waals surface area contributed by atoms with E-state index in [0.717, 1.165) is 31.4 Å². The summed E-state index contributed by atoms with van der Waals surface area (Å²) in [6.45, 7) is 7.88. The van der Waals surface area contributed by atoms with Gasteiger partial charge in [0.15, 0.2) is 0 Å². The van der Waals surface area contributed by atoms with Gasteiger partial charge in [-0.2, -0.15) is 0 Å². The quantitative estimate of drug-likeness (QED) is 0.343. The van der Waals surface area contributed by atoms with E-state index in [0.29, 0.717) is 25.4 Å². The number of fused-ring (bicyclic) bond motifs is 1. The lowest BCUT2D eigenvalue weighted by atomic mass is 10.0. The second-order valence-corrected chi connectivity index (χ2v) is 13.7. The van der Waals surface area contributed by atoms with Gasteiger partial charge in [0.2, 0.25) is 0 Å². The van der Waals surface area contributed by atoms with Crippen molar-refractivity contribution >= 4 is 21.6 Å². The molecule has 2 N–H and O–H groups in total. The molecule has 2 aromatic carbocycles. The number of hydrogen-bond donors (Lipinski definition) is 2. The minimum Gasteiger partial charge on any atom is -0.490 e. The molecule has 0 fully saturated rings. The number of carbonyl (C=O) groups is 1. The highest BCUT2D eigenvalue weighted by Gasteiger charge is 2.30. The molecular weight excluding hydrogens is 592 g/mol. The number of likely N-dealkylation sites (N-methyl/N-ethyl adjacent to an activating group) is 1. The third-order valence-corrected chi connectivity index (χ3v) is 9.45. The maximum atomic E-state index is 14.3. The van der Waals surface area contributed by atoms with Crippen molar-refractivity contribution in [3.63, 3.8) is 0 Å². The van der Waals surface area contributed by atoms with Crippen LogP contribution in [-0.4, -0.2) is 85.8 Å². The van der Waals surface area contributed by atoms with Crippen LogP contribution in [0.15, 0.2) is 78.0 Å². The molecule has 11 heteroatoms. The molecular formula is C34H46N4O6S. The van der Waals surface area contributed by atoms with Gasteiger partial charge in [-0.25, -0.2) is 8.42 Å². The van der Waals surface area contributed by atoms with Crippen LogP contribution in [0.25, 0.3) is 0 Å². The molecule has 45 heavy (non-hydrogen) atoms. The van der Waals surface area contributed by atoms with Crippen LogP contribution in [0.5, 0.6) is 5.75 Å². The summed E-state index contributed by atoms with van der Waals surface area (Å²) in [5.74, 6) is -0.0546. The van der Waals surface area contributed by atoms with Gasteiger partial charge in [0.25, 0.3) is 15.9 Å². The third-order valence-electron chi connectivity index (χ3n) is 8.05. The Kier molecular flexibility index (Phi) is 12.3. The summed E-state index contributed by atoms with van der Waals surface area (Å²) in [6.07, 6.45) is 5.73. The Morgan fingerprint density at radius 1 is 1.09 bits per heavy atom. The minimum atomic E-state index is -3.88. The Morgan fingerprint density at radius 2 is 1.82 bits per heavy atom. The number of ether oxygens (including phenoxy) is 2. The number of nitrogens with zero attached hydrogens (tertiary/aromatic N) is 3. The highest BCUT2D eigenvalue weighted by molar-refractivity contribution is 7.92. The van der Waals surface area contributed by atoms with Crippen molar-refractivity contribution in [2.24, 2.45) is 5.92 Å². The molecule has 0 bridgehead atoms. The normalized spacial score (nSPS) is 21.0. The second kappa shape index (κ2) is 16.2. The molecule has 0 spiro atoms. The van der Waals surface area contributed by atoms with Crippen LogP contribution in [0.3, 0.4) is 0 Å². The maximum absolute atomic E-state index is 14.3. The number of anilines is 1. The number of aliphatic hydroxyl groups excluding tert-OH is 1. The molecule has 0 aliphatic carbocycles. The molecule has 0 saturated carbocycles. The average Bonchev–Trinajstić information content (AvgIpc) is 3.03. The summed E-state index contributed by atoms with van der Waals surface area (Å²) in [5.41, 5.74) is 1.62. The van der Waals surface area contributed by atoms with Crippen molar-refractivity contribution in [2.75, 3.05) is 38.1 Å². The lowest BCUT2D eigenvalue weighted by molar-refractivity contribution is -0.0177. The van der Waals surface area contributed by atoms with Crippen molar-refractivity contribution in [2.45, 2.75) is 69.7 Å². The summed E-state index contributed by atoms with van der Waals surface area (Å²) in [5, 5.41) is 10.2. The topological polar surface area (TPSA) is 121 Å². The largest absolute Gasteiger partial charge is 0.490 e. The lowest BCUT2D eigenvalue weighted by Gasteiger charge is -2.36. The Bertz CT molecular complexity index is 1470. The monoisotopic (exact) mass is 638 g/mol. The molecule has 1 aliphatic heterocycles. The van der Waals surface area contributed by atoms with Crippen LogP contribution < -0.4 is 9.46 Å². The van der Waals surface area contributed by atoms with Gasteiger partial charge in [-0.05, 0) is 88.2 Å². The fraction of sp³-hybridized carbons (Fsp3) is 0.471. The van der Waals surface area contributed by atoms with Crippen LogP contribution in [0, 0.1) is 5.92 Å². The van der Waals surface area contributed by atoms with Gasteiger partial charge in [-0.15, -0.1) is 0 Å². The van der Waals surface area contributed by atoms with E-state index in [1.807, 2.05) is 26.1 Å². The molecule has 1 aromatic heterocycles. The first-order valence-corrected chi connectivity index (χ1v) is 17.0. The molecule has 2 heterocycles. The van der Waals surface area contributed by atoms with Gasteiger partial charge in [0.05, 0.1) is 35.3 Å². The van der Waals surface area contributed by atoms with Gasteiger partial charge < -0.3 is 19.5 Å². The van der Waals surface area contributed by atoms with Crippen LogP contribution in [-0.2, 0) is 21.3 Å². The van der Waals surface area contributed by atoms with Crippen molar-refractivity contribution in [3.8, 4) is 5.75 Å². The smallest absolute Gasteiger partial charge is 0.261 e. The Hall–Kier alpha value is -3.51. The van der Waals surface area contributed by atoms with E-state index < -0.39 is 16.1 Å². The molecule has 1 aliphatic rings. The van der Waals surface area contributed by atoms with E-state index in [1.165, 1.54) is 18.2 Å². The molecule has 4 atom stereocenters. The molecule has 1 amide bonds.